The lowest BCUT2D eigenvalue weighted by molar-refractivity contribution is 0.304. The van der Waals surface area contributed by atoms with E-state index in [1.807, 2.05) is 24.4 Å². The van der Waals surface area contributed by atoms with Crippen LogP contribution in [-0.4, -0.2) is 37.1 Å². The molecule has 2 aromatic rings. The summed E-state index contributed by atoms with van der Waals surface area (Å²) in [5, 5.41) is 0. The van der Waals surface area contributed by atoms with Gasteiger partial charge < -0.3 is 14.4 Å². The molecule has 0 N–H and O–H groups in total. The number of benzene rings is 1. The topological polar surface area (TPSA) is 34.6 Å². The maximum atomic E-state index is 6.10. The molecule has 4 heteroatoms. The number of fused-ring (bicyclic) bond motifs is 2. The number of nitrogens with zero attached hydrogens (tertiary/aromatic N) is 2. The molecule has 0 spiro atoms. The zero-order chi connectivity index (χ0) is 16.5. The van der Waals surface area contributed by atoms with Gasteiger partial charge in [-0.2, -0.15) is 0 Å². The van der Waals surface area contributed by atoms with Gasteiger partial charge in [0.1, 0.15) is 18.1 Å². The van der Waals surface area contributed by atoms with E-state index in [2.05, 4.69) is 24.1 Å². The third-order valence-electron chi connectivity index (χ3n) is 4.91. The second-order valence-corrected chi connectivity index (χ2v) is 6.44. The number of aromatic nitrogens is 1. The van der Waals surface area contributed by atoms with E-state index in [4.69, 9.17) is 14.5 Å². The van der Waals surface area contributed by atoms with E-state index in [0.29, 0.717) is 6.61 Å². The second-order valence-electron chi connectivity index (χ2n) is 6.44. The van der Waals surface area contributed by atoms with Gasteiger partial charge in [-0.15, -0.1) is 0 Å². The van der Waals surface area contributed by atoms with Gasteiger partial charge in [-0.05, 0) is 38.1 Å². The highest BCUT2D eigenvalue weighted by Crippen LogP contribution is 2.41. The number of methoxy groups -OCH3 is 1. The molecule has 2 aliphatic heterocycles. The van der Waals surface area contributed by atoms with E-state index in [1.54, 1.807) is 7.11 Å². The Balaban J connectivity index is 1.91. The van der Waals surface area contributed by atoms with Gasteiger partial charge in [0.25, 0.3) is 0 Å². The first kappa shape index (κ1) is 15.2. The largest absolute Gasteiger partial charge is 0.497 e. The van der Waals surface area contributed by atoms with E-state index in [0.717, 1.165) is 54.3 Å². The molecule has 1 saturated heterocycles. The van der Waals surface area contributed by atoms with Gasteiger partial charge in [0, 0.05) is 42.1 Å². The molecule has 3 heterocycles. The van der Waals surface area contributed by atoms with Gasteiger partial charge in [-0.3, -0.25) is 4.98 Å². The molecule has 0 saturated carbocycles. The summed E-state index contributed by atoms with van der Waals surface area (Å²) in [6.07, 6.45) is 4.03. The Bertz CT molecular complexity index is 788. The van der Waals surface area contributed by atoms with Crippen LogP contribution in [0.4, 0.5) is 0 Å². The summed E-state index contributed by atoms with van der Waals surface area (Å²) in [4.78, 5) is 7.09. The quantitative estimate of drug-likeness (QED) is 0.805. The van der Waals surface area contributed by atoms with Gasteiger partial charge in [-0.25, -0.2) is 0 Å². The average Bonchev–Trinajstić information content (AvgIpc) is 2.79. The fraction of sp³-hybridized carbons (Fsp3) is 0.350. The van der Waals surface area contributed by atoms with Gasteiger partial charge in [0.2, 0.25) is 0 Å². The molecule has 1 aromatic heterocycles. The van der Waals surface area contributed by atoms with Crippen molar-refractivity contribution >= 4 is 5.57 Å². The number of rotatable bonds is 1. The van der Waals surface area contributed by atoms with Gasteiger partial charge in [-0.1, -0.05) is 11.6 Å². The van der Waals surface area contributed by atoms with Crippen LogP contribution < -0.4 is 9.47 Å². The standard InChI is InChI=1S/C20H22N2O2/c1-22-10-7-14(8-11-22)19-17-6-5-16(23-2)12-18(17)24-13-15-4-3-9-21-20(15)19/h3-6,9,12H,7-8,10-11,13H2,1-2H3. The molecule has 1 fully saturated rings. The number of pyridine rings is 1. The molecule has 4 rings (SSSR count). The lowest BCUT2D eigenvalue weighted by atomic mass is 9.89. The lowest BCUT2D eigenvalue weighted by Crippen LogP contribution is -2.27. The fourth-order valence-corrected chi connectivity index (χ4v) is 3.52. The molecule has 0 bridgehead atoms. The average molecular weight is 322 g/mol. The number of piperidine rings is 1. The Labute approximate surface area is 142 Å². The van der Waals surface area contributed by atoms with Crippen LogP contribution in [0.3, 0.4) is 0 Å². The van der Waals surface area contributed by atoms with E-state index in [-0.39, 0.29) is 0 Å². The summed E-state index contributed by atoms with van der Waals surface area (Å²) in [6, 6.07) is 10.2. The normalized spacial score (nSPS) is 17.6. The highest BCUT2D eigenvalue weighted by Gasteiger charge is 2.25. The number of hydrogen-bond donors (Lipinski definition) is 0. The molecule has 2 aliphatic rings. The molecule has 0 atom stereocenters. The van der Waals surface area contributed by atoms with Crippen molar-refractivity contribution in [2.24, 2.45) is 0 Å². The molecule has 0 radical (unpaired) electrons. The predicted octanol–water partition coefficient (Wildman–Crippen LogP) is 3.51. The van der Waals surface area contributed by atoms with E-state index >= 15 is 0 Å². The maximum Gasteiger partial charge on any atom is 0.131 e. The monoisotopic (exact) mass is 322 g/mol. The summed E-state index contributed by atoms with van der Waals surface area (Å²) >= 11 is 0. The van der Waals surface area contributed by atoms with Crippen molar-refractivity contribution in [2.75, 3.05) is 27.2 Å². The van der Waals surface area contributed by atoms with Crippen LogP contribution in [0.15, 0.2) is 42.1 Å². The van der Waals surface area contributed by atoms with E-state index < -0.39 is 0 Å². The molecule has 124 valence electrons. The van der Waals surface area contributed by atoms with Crippen LogP contribution in [-0.2, 0) is 6.61 Å². The summed E-state index contributed by atoms with van der Waals surface area (Å²) in [6.45, 7) is 2.72. The van der Waals surface area contributed by atoms with Crippen molar-refractivity contribution < 1.29 is 9.47 Å². The molecule has 1 aromatic carbocycles. The van der Waals surface area contributed by atoms with Gasteiger partial charge in [0.15, 0.2) is 0 Å². The first-order valence-corrected chi connectivity index (χ1v) is 8.42. The van der Waals surface area contributed by atoms with Crippen LogP contribution in [0, 0.1) is 0 Å². The summed E-state index contributed by atoms with van der Waals surface area (Å²) in [5.74, 6) is 1.70. The van der Waals surface area contributed by atoms with Crippen molar-refractivity contribution in [3.63, 3.8) is 0 Å². The van der Waals surface area contributed by atoms with Gasteiger partial charge >= 0.3 is 0 Å². The van der Waals surface area contributed by atoms with Crippen LogP contribution in [0.25, 0.3) is 5.57 Å². The number of ether oxygens (including phenoxy) is 2. The Morgan fingerprint density at radius 2 is 2.00 bits per heavy atom. The Morgan fingerprint density at radius 3 is 2.79 bits per heavy atom. The Kier molecular flexibility index (Phi) is 3.98. The Morgan fingerprint density at radius 1 is 1.17 bits per heavy atom. The van der Waals surface area contributed by atoms with E-state index in [9.17, 15) is 0 Å². The zero-order valence-corrected chi connectivity index (χ0v) is 14.2. The minimum atomic E-state index is 0.542. The molecule has 0 aliphatic carbocycles. The highest BCUT2D eigenvalue weighted by molar-refractivity contribution is 5.85. The lowest BCUT2D eigenvalue weighted by Gasteiger charge is -2.26. The molecular formula is C20H22N2O2. The van der Waals surface area contributed by atoms with Crippen LogP contribution in [0.1, 0.15) is 29.7 Å². The van der Waals surface area contributed by atoms with Crippen molar-refractivity contribution in [1.29, 1.82) is 0 Å². The minimum absolute atomic E-state index is 0.542. The van der Waals surface area contributed by atoms with Crippen LogP contribution in [0.5, 0.6) is 11.5 Å². The van der Waals surface area contributed by atoms with Crippen molar-refractivity contribution in [2.45, 2.75) is 19.4 Å². The van der Waals surface area contributed by atoms with Crippen LogP contribution >= 0.6 is 0 Å². The van der Waals surface area contributed by atoms with Crippen LogP contribution in [0.2, 0.25) is 0 Å². The maximum absolute atomic E-state index is 6.10. The van der Waals surface area contributed by atoms with Crippen molar-refractivity contribution in [3.05, 3.63) is 58.9 Å². The smallest absolute Gasteiger partial charge is 0.131 e. The summed E-state index contributed by atoms with van der Waals surface area (Å²) in [7, 11) is 3.87. The zero-order valence-electron chi connectivity index (χ0n) is 14.2. The fourth-order valence-electron chi connectivity index (χ4n) is 3.52. The summed E-state index contributed by atoms with van der Waals surface area (Å²) < 4.78 is 11.5. The molecule has 4 nitrogen and oxygen atoms in total. The summed E-state index contributed by atoms with van der Waals surface area (Å²) in [5.41, 5.74) is 6.08. The van der Waals surface area contributed by atoms with Gasteiger partial charge in [0.05, 0.1) is 12.8 Å². The molecular weight excluding hydrogens is 300 g/mol. The Hall–Kier alpha value is -2.33. The first-order valence-electron chi connectivity index (χ1n) is 8.42. The van der Waals surface area contributed by atoms with E-state index in [1.165, 1.54) is 11.1 Å². The van der Waals surface area contributed by atoms with Crippen molar-refractivity contribution in [1.82, 2.24) is 9.88 Å². The SMILES string of the molecule is COc1ccc2c(c1)OCc1cccnc1C2=C1CCN(C)CC1. The third-order valence-corrected chi connectivity index (χ3v) is 4.91. The highest BCUT2D eigenvalue weighted by atomic mass is 16.5. The van der Waals surface area contributed by atoms with Crippen molar-refractivity contribution in [3.8, 4) is 11.5 Å². The predicted molar refractivity (Wildman–Crippen MR) is 94.3 cm³/mol. The molecule has 24 heavy (non-hydrogen) atoms. The third kappa shape index (κ3) is 2.67. The minimum Gasteiger partial charge on any atom is -0.497 e. The molecule has 0 unspecified atom stereocenters. The number of hydrogen-bond acceptors (Lipinski definition) is 4. The number of likely N-dealkylation sites (tertiary alicyclic amines) is 1. The second kappa shape index (κ2) is 6.29. The molecule has 0 amide bonds. The first-order chi connectivity index (χ1) is 11.8.